The van der Waals surface area contributed by atoms with Gasteiger partial charge in [-0.15, -0.1) is 5.10 Å². The maximum absolute atomic E-state index is 5.23. The van der Waals surface area contributed by atoms with E-state index in [2.05, 4.69) is 36.0 Å². The number of anilines is 2. The third-order valence-electron chi connectivity index (χ3n) is 5.32. The molecule has 2 aromatic heterocycles. The quantitative estimate of drug-likeness (QED) is 0.518. The summed E-state index contributed by atoms with van der Waals surface area (Å²) in [5.41, 5.74) is 2.74. The molecule has 0 unspecified atom stereocenters. The maximum atomic E-state index is 5.23. The molecule has 0 atom stereocenters. The lowest BCUT2D eigenvalue weighted by Gasteiger charge is -2.35. The van der Waals surface area contributed by atoms with Crippen LogP contribution in [-0.4, -0.2) is 58.4 Å². The van der Waals surface area contributed by atoms with Gasteiger partial charge in [-0.3, -0.25) is 0 Å². The fraction of sp³-hybridized carbons (Fsp3) is 0.227. The van der Waals surface area contributed by atoms with Crippen LogP contribution >= 0.6 is 0 Å². The summed E-state index contributed by atoms with van der Waals surface area (Å²) in [6.45, 7) is 3.26. The monoisotopic (exact) mass is 399 g/mol. The van der Waals surface area contributed by atoms with Crippen molar-refractivity contribution in [3.8, 4) is 17.0 Å². The van der Waals surface area contributed by atoms with Gasteiger partial charge in [0.25, 0.3) is 0 Å². The van der Waals surface area contributed by atoms with E-state index in [4.69, 9.17) is 9.72 Å². The van der Waals surface area contributed by atoms with Crippen molar-refractivity contribution in [2.45, 2.75) is 0 Å². The lowest BCUT2D eigenvalue weighted by Crippen LogP contribution is -2.47. The van der Waals surface area contributed by atoms with E-state index < -0.39 is 0 Å². The van der Waals surface area contributed by atoms with Gasteiger partial charge in [-0.1, -0.05) is 12.1 Å². The fourth-order valence-electron chi connectivity index (χ4n) is 3.69. The Morgan fingerprint density at radius 3 is 2.43 bits per heavy atom. The van der Waals surface area contributed by atoms with Crippen molar-refractivity contribution in [3.63, 3.8) is 0 Å². The zero-order valence-electron chi connectivity index (χ0n) is 16.6. The zero-order chi connectivity index (χ0) is 20.3. The van der Waals surface area contributed by atoms with Crippen LogP contribution in [0.25, 0.3) is 22.2 Å². The molecule has 1 fully saturated rings. The molecule has 0 saturated carbocycles. The van der Waals surface area contributed by atoms with Crippen LogP contribution in [0.15, 0.2) is 61.1 Å². The van der Waals surface area contributed by atoms with Gasteiger partial charge in [0.1, 0.15) is 17.9 Å². The van der Waals surface area contributed by atoms with Crippen molar-refractivity contribution < 1.29 is 4.74 Å². The second-order valence-corrected chi connectivity index (χ2v) is 7.06. The molecule has 3 heterocycles. The Balaban J connectivity index is 1.33. The molecule has 150 valence electrons. The van der Waals surface area contributed by atoms with Gasteiger partial charge in [0, 0.05) is 37.1 Å². The van der Waals surface area contributed by atoms with Crippen LogP contribution in [0.5, 0.6) is 5.75 Å². The van der Waals surface area contributed by atoms with Crippen LogP contribution in [0.4, 0.5) is 11.8 Å². The first-order valence-corrected chi connectivity index (χ1v) is 9.85. The Morgan fingerprint density at radius 1 is 0.867 bits per heavy atom. The number of rotatable bonds is 4. The highest BCUT2D eigenvalue weighted by Gasteiger charge is 2.22. The first-order valence-electron chi connectivity index (χ1n) is 9.85. The maximum Gasteiger partial charge on any atom is 0.246 e. The number of ether oxygens (including phenoxy) is 1. The average molecular weight is 399 g/mol. The van der Waals surface area contributed by atoms with E-state index >= 15 is 0 Å². The van der Waals surface area contributed by atoms with Gasteiger partial charge in [-0.25, -0.2) is 15.0 Å². The molecule has 2 aromatic carbocycles. The lowest BCUT2D eigenvalue weighted by molar-refractivity contribution is 0.415. The van der Waals surface area contributed by atoms with Gasteiger partial charge in [-0.05, 0) is 36.4 Å². The van der Waals surface area contributed by atoms with Crippen molar-refractivity contribution in [2.75, 3.05) is 43.1 Å². The highest BCUT2D eigenvalue weighted by atomic mass is 16.5. The largest absolute Gasteiger partial charge is 0.497 e. The summed E-state index contributed by atoms with van der Waals surface area (Å²) in [4.78, 5) is 18.1. The molecule has 8 nitrogen and oxygen atoms in total. The topological polar surface area (TPSA) is 80.2 Å². The Kier molecular flexibility index (Phi) is 4.80. The van der Waals surface area contributed by atoms with E-state index in [1.165, 1.54) is 0 Å². The number of aromatic nitrogens is 5. The first kappa shape index (κ1) is 18.2. The van der Waals surface area contributed by atoms with Crippen LogP contribution < -0.4 is 14.5 Å². The van der Waals surface area contributed by atoms with Gasteiger partial charge in [0.15, 0.2) is 0 Å². The average Bonchev–Trinajstić information content (AvgIpc) is 2.84. The predicted octanol–water partition coefficient (Wildman–Crippen LogP) is 2.82. The number of hydrogen-bond donors (Lipinski definition) is 0. The number of piperazine rings is 1. The van der Waals surface area contributed by atoms with Crippen molar-refractivity contribution >= 4 is 22.7 Å². The van der Waals surface area contributed by atoms with Crippen molar-refractivity contribution in [1.29, 1.82) is 0 Å². The Hall–Kier alpha value is -3.81. The van der Waals surface area contributed by atoms with Crippen LogP contribution in [0.1, 0.15) is 0 Å². The van der Waals surface area contributed by atoms with Crippen LogP contribution in [0.3, 0.4) is 0 Å². The van der Waals surface area contributed by atoms with Gasteiger partial charge in [0.2, 0.25) is 5.95 Å². The van der Waals surface area contributed by atoms with E-state index in [9.17, 15) is 0 Å². The van der Waals surface area contributed by atoms with Gasteiger partial charge in [-0.2, -0.15) is 5.10 Å². The van der Waals surface area contributed by atoms with Crippen LogP contribution in [0, 0.1) is 0 Å². The normalized spacial score (nSPS) is 14.2. The lowest BCUT2D eigenvalue weighted by atomic mass is 10.1. The van der Waals surface area contributed by atoms with E-state index in [1.807, 2.05) is 42.5 Å². The first-order chi connectivity index (χ1) is 14.8. The van der Waals surface area contributed by atoms with E-state index in [0.29, 0.717) is 5.95 Å². The number of methoxy groups -OCH3 is 1. The molecule has 0 radical (unpaired) electrons. The molecule has 1 aliphatic rings. The Morgan fingerprint density at radius 2 is 1.63 bits per heavy atom. The summed E-state index contributed by atoms with van der Waals surface area (Å²) < 4.78 is 5.23. The SMILES string of the molecule is COc1ccc(-c2cnnc(N3CCN(c4ncnc5ccccc45)CC3)n2)cc1. The number of para-hydroxylation sites is 1. The molecule has 5 rings (SSSR count). The van der Waals surface area contributed by atoms with Gasteiger partial charge < -0.3 is 14.5 Å². The molecule has 0 aliphatic carbocycles. The molecule has 8 heteroatoms. The number of nitrogens with zero attached hydrogens (tertiary/aromatic N) is 7. The van der Waals surface area contributed by atoms with Crippen LogP contribution in [0.2, 0.25) is 0 Å². The standard InChI is InChI=1S/C22H21N7O/c1-30-17-8-6-16(7-9-17)20-14-25-27-22(26-20)29-12-10-28(11-13-29)21-18-4-2-3-5-19(18)23-15-24-21/h2-9,14-15H,10-13H2,1H3. The third kappa shape index (κ3) is 3.47. The summed E-state index contributed by atoms with van der Waals surface area (Å²) in [5, 5.41) is 9.52. The molecule has 1 aliphatic heterocycles. The summed E-state index contributed by atoms with van der Waals surface area (Å²) in [7, 11) is 1.66. The van der Waals surface area contributed by atoms with Crippen LogP contribution in [-0.2, 0) is 0 Å². The smallest absolute Gasteiger partial charge is 0.246 e. The van der Waals surface area contributed by atoms with Gasteiger partial charge in [0.05, 0.1) is 24.5 Å². The zero-order valence-corrected chi connectivity index (χ0v) is 16.6. The predicted molar refractivity (Wildman–Crippen MR) is 116 cm³/mol. The fourth-order valence-corrected chi connectivity index (χ4v) is 3.69. The number of benzene rings is 2. The molecule has 0 amide bonds. The minimum atomic E-state index is 0.649. The summed E-state index contributed by atoms with van der Waals surface area (Å²) >= 11 is 0. The summed E-state index contributed by atoms with van der Waals surface area (Å²) in [6, 6.07) is 15.9. The van der Waals surface area contributed by atoms with E-state index in [0.717, 1.165) is 59.9 Å². The molecule has 1 saturated heterocycles. The molecule has 4 aromatic rings. The summed E-state index contributed by atoms with van der Waals surface area (Å²) in [6.07, 6.45) is 3.32. The third-order valence-corrected chi connectivity index (χ3v) is 5.32. The Bertz CT molecular complexity index is 1150. The summed E-state index contributed by atoms with van der Waals surface area (Å²) in [5.74, 6) is 2.44. The van der Waals surface area contributed by atoms with Crippen molar-refractivity contribution in [2.24, 2.45) is 0 Å². The highest BCUT2D eigenvalue weighted by Crippen LogP contribution is 2.25. The molecule has 0 N–H and O–H groups in total. The molecular weight excluding hydrogens is 378 g/mol. The minimum absolute atomic E-state index is 0.649. The van der Waals surface area contributed by atoms with Gasteiger partial charge >= 0.3 is 0 Å². The van der Waals surface area contributed by atoms with E-state index in [-0.39, 0.29) is 0 Å². The van der Waals surface area contributed by atoms with Crippen molar-refractivity contribution in [1.82, 2.24) is 25.1 Å². The second-order valence-electron chi connectivity index (χ2n) is 7.06. The second kappa shape index (κ2) is 7.90. The molecule has 30 heavy (non-hydrogen) atoms. The Labute approximate surface area is 174 Å². The minimum Gasteiger partial charge on any atom is -0.497 e. The molecule has 0 bridgehead atoms. The van der Waals surface area contributed by atoms with Crippen molar-refractivity contribution in [3.05, 3.63) is 61.1 Å². The molecular formula is C22H21N7O. The molecule has 0 spiro atoms. The van der Waals surface area contributed by atoms with E-state index in [1.54, 1.807) is 19.6 Å². The number of fused-ring (bicyclic) bond motifs is 1. The number of hydrogen-bond acceptors (Lipinski definition) is 8. The highest BCUT2D eigenvalue weighted by molar-refractivity contribution is 5.89.